The highest BCUT2D eigenvalue weighted by Crippen LogP contribution is 2.28. The van der Waals surface area contributed by atoms with Gasteiger partial charge in [-0.25, -0.2) is 4.98 Å². The SMILES string of the molecule is CN(C)c1ccc(C(=O)Nc2nc3ccc(Cl)cc3s2)cc1. The van der Waals surface area contributed by atoms with Gasteiger partial charge in [0.05, 0.1) is 10.2 Å². The third-order valence-electron chi connectivity index (χ3n) is 3.22. The second kappa shape index (κ2) is 5.94. The van der Waals surface area contributed by atoms with E-state index in [9.17, 15) is 4.79 Å². The molecule has 1 heterocycles. The Morgan fingerprint density at radius 3 is 2.59 bits per heavy atom. The molecule has 4 nitrogen and oxygen atoms in total. The number of nitrogens with one attached hydrogen (secondary N) is 1. The van der Waals surface area contributed by atoms with Crippen LogP contribution in [0.25, 0.3) is 10.2 Å². The van der Waals surface area contributed by atoms with Gasteiger partial charge in [-0.15, -0.1) is 0 Å². The standard InChI is InChI=1S/C16H14ClN3OS/c1-20(2)12-6-3-10(4-7-12)15(21)19-16-18-13-8-5-11(17)9-14(13)22-16/h3-9H,1-2H3,(H,18,19,21). The minimum atomic E-state index is -0.171. The molecule has 6 heteroatoms. The van der Waals surface area contributed by atoms with E-state index >= 15 is 0 Å². The molecule has 1 aromatic heterocycles. The van der Waals surface area contributed by atoms with Gasteiger partial charge in [-0.1, -0.05) is 22.9 Å². The molecule has 0 unspecified atom stereocenters. The zero-order valence-electron chi connectivity index (χ0n) is 12.1. The predicted octanol–water partition coefficient (Wildman–Crippen LogP) is 4.27. The molecule has 112 valence electrons. The molecule has 22 heavy (non-hydrogen) atoms. The summed E-state index contributed by atoms with van der Waals surface area (Å²) >= 11 is 7.36. The molecule has 0 fully saturated rings. The molecule has 2 aromatic carbocycles. The quantitative estimate of drug-likeness (QED) is 0.779. The first-order valence-electron chi connectivity index (χ1n) is 6.68. The number of hydrogen-bond acceptors (Lipinski definition) is 4. The van der Waals surface area contributed by atoms with Crippen LogP contribution >= 0.6 is 22.9 Å². The molecule has 0 atom stereocenters. The highest BCUT2D eigenvalue weighted by molar-refractivity contribution is 7.22. The van der Waals surface area contributed by atoms with E-state index in [1.807, 2.05) is 43.3 Å². The fraction of sp³-hybridized carbons (Fsp3) is 0.125. The van der Waals surface area contributed by atoms with Gasteiger partial charge < -0.3 is 4.90 Å². The van der Waals surface area contributed by atoms with Crippen LogP contribution < -0.4 is 10.2 Å². The van der Waals surface area contributed by atoms with Crippen LogP contribution in [0, 0.1) is 0 Å². The summed E-state index contributed by atoms with van der Waals surface area (Å²) in [5, 5.41) is 4.06. The largest absolute Gasteiger partial charge is 0.378 e. The number of rotatable bonds is 3. The maximum absolute atomic E-state index is 12.3. The molecule has 0 saturated carbocycles. The van der Waals surface area contributed by atoms with Crippen molar-refractivity contribution in [1.82, 2.24) is 4.98 Å². The number of aromatic nitrogens is 1. The van der Waals surface area contributed by atoms with E-state index in [2.05, 4.69) is 10.3 Å². The number of anilines is 2. The summed E-state index contributed by atoms with van der Waals surface area (Å²) in [6.45, 7) is 0. The lowest BCUT2D eigenvalue weighted by Gasteiger charge is -2.12. The lowest BCUT2D eigenvalue weighted by Crippen LogP contribution is -2.13. The van der Waals surface area contributed by atoms with E-state index in [4.69, 9.17) is 11.6 Å². The van der Waals surface area contributed by atoms with Gasteiger partial charge in [0.25, 0.3) is 5.91 Å². The summed E-state index contributed by atoms with van der Waals surface area (Å²) in [7, 11) is 3.92. The zero-order chi connectivity index (χ0) is 15.7. The van der Waals surface area contributed by atoms with Gasteiger partial charge in [-0.3, -0.25) is 10.1 Å². The Bertz CT molecular complexity index is 827. The molecule has 0 aliphatic carbocycles. The smallest absolute Gasteiger partial charge is 0.257 e. The lowest BCUT2D eigenvalue weighted by atomic mass is 10.2. The first-order valence-corrected chi connectivity index (χ1v) is 7.87. The molecular formula is C16H14ClN3OS. The molecule has 3 rings (SSSR count). The van der Waals surface area contributed by atoms with E-state index in [-0.39, 0.29) is 5.91 Å². The number of carbonyl (C=O) groups excluding carboxylic acids is 1. The number of thiazole rings is 1. The van der Waals surface area contributed by atoms with E-state index in [0.29, 0.717) is 15.7 Å². The summed E-state index contributed by atoms with van der Waals surface area (Å²) in [4.78, 5) is 18.6. The lowest BCUT2D eigenvalue weighted by molar-refractivity contribution is 0.102. The third kappa shape index (κ3) is 3.05. The van der Waals surface area contributed by atoms with Crippen molar-refractivity contribution < 1.29 is 4.79 Å². The highest BCUT2D eigenvalue weighted by atomic mass is 35.5. The van der Waals surface area contributed by atoms with Crippen LogP contribution in [-0.2, 0) is 0 Å². The van der Waals surface area contributed by atoms with Crippen LogP contribution in [0.5, 0.6) is 0 Å². The molecule has 0 aliphatic heterocycles. The highest BCUT2D eigenvalue weighted by Gasteiger charge is 2.10. The van der Waals surface area contributed by atoms with Crippen molar-refractivity contribution in [3.8, 4) is 0 Å². The van der Waals surface area contributed by atoms with E-state index < -0.39 is 0 Å². The van der Waals surface area contributed by atoms with Gasteiger partial charge in [-0.2, -0.15) is 0 Å². The number of carbonyl (C=O) groups is 1. The fourth-order valence-electron chi connectivity index (χ4n) is 2.03. The molecule has 0 bridgehead atoms. The molecule has 0 spiro atoms. The Labute approximate surface area is 137 Å². The van der Waals surface area contributed by atoms with Gasteiger partial charge in [0.15, 0.2) is 5.13 Å². The molecule has 3 aromatic rings. The Morgan fingerprint density at radius 1 is 1.18 bits per heavy atom. The Balaban J connectivity index is 1.80. The van der Waals surface area contributed by atoms with E-state index in [0.717, 1.165) is 15.9 Å². The number of amides is 1. The second-order valence-electron chi connectivity index (χ2n) is 5.03. The maximum Gasteiger partial charge on any atom is 0.257 e. The van der Waals surface area contributed by atoms with Gasteiger partial charge in [-0.05, 0) is 42.5 Å². The van der Waals surface area contributed by atoms with Gasteiger partial charge in [0.1, 0.15) is 0 Å². The van der Waals surface area contributed by atoms with Crippen LogP contribution in [-0.4, -0.2) is 25.0 Å². The number of halogens is 1. The van der Waals surface area contributed by atoms with Crippen LogP contribution in [0.2, 0.25) is 5.02 Å². The predicted molar refractivity (Wildman–Crippen MR) is 93.4 cm³/mol. The first-order chi connectivity index (χ1) is 10.5. The fourth-order valence-corrected chi connectivity index (χ4v) is 3.17. The normalized spacial score (nSPS) is 10.7. The molecular weight excluding hydrogens is 318 g/mol. The zero-order valence-corrected chi connectivity index (χ0v) is 13.7. The van der Waals surface area contributed by atoms with Gasteiger partial charge in [0, 0.05) is 30.4 Å². The summed E-state index contributed by atoms with van der Waals surface area (Å²) in [6, 6.07) is 12.9. The molecule has 0 radical (unpaired) electrons. The summed E-state index contributed by atoms with van der Waals surface area (Å²) in [5.74, 6) is -0.171. The molecule has 0 aliphatic rings. The van der Waals surface area contributed by atoms with Crippen molar-refractivity contribution in [1.29, 1.82) is 0 Å². The van der Waals surface area contributed by atoms with Crippen molar-refractivity contribution in [2.75, 3.05) is 24.3 Å². The minimum Gasteiger partial charge on any atom is -0.378 e. The van der Waals surface area contributed by atoms with Crippen molar-refractivity contribution in [3.05, 3.63) is 53.1 Å². The molecule has 1 N–H and O–H groups in total. The van der Waals surface area contributed by atoms with Gasteiger partial charge >= 0.3 is 0 Å². The van der Waals surface area contributed by atoms with Crippen LogP contribution in [0.15, 0.2) is 42.5 Å². The summed E-state index contributed by atoms with van der Waals surface area (Å²) < 4.78 is 0.950. The Morgan fingerprint density at radius 2 is 1.91 bits per heavy atom. The molecule has 1 amide bonds. The third-order valence-corrected chi connectivity index (χ3v) is 4.39. The number of hydrogen-bond donors (Lipinski definition) is 1. The Hall–Kier alpha value is -2.11. The van der Waals surface area contributed by atoms with Crippen molar-refractivity contribution in [2.24, 2.45) is 0 Å². The average Bonchev–Trinajstić information content (AvgIpc) is 2.88. The Kier molecular flexibility index (Phi) is 4.00. The number of nitrogens with zero attached hydrogens (tertiary/aromatic N) is 2. The van der Waals surface area contributed by atoms with Gasteiger partial charge in [0.2, 0.25) is 0 Å². The topological polar surface area (TPSA) is 45.2 Å². The van der Waals surface area contributed by atoms with E-state index in [1.54, 1.807) is 18.2 Å². The maximum atomic E-state index is 12.3. The minimum absolute atomic E-state index is 0.171. The monoisotopic (exact) mass is 331 g/mol. The van der Waals surface area contributed by atoms with Crippen LogP contribution in [0.4, 0.5) is 10.8 Å². The van der Waals surface area contributed by atoms with Crippen molar-refractivity contribution in [2.45, 2.75) is 0 Å². The first kappa shape index (κ1) is 14.8. The van der Waals surface area contributed by atoms with Crippen molar-refractivity contribution >= 4 is 49.9 Å². The second-order valence-corrected chi connectivity index (χ2v) is 6.49. The van der Waals surface area contributed by atoms with Crippen LogP contribution in [0.1, 0.15) is 10.4 Å². The van der Waals surface area contributed by atoms with Crippen LogP contribution in [0.3, 0.4) is 0 Å². The summed E-state index contributed by atoms with van der Waals surface area (Å²) in [6.07, 6.45) is 0. The van der Waals surface area contributed by atoms with E-state index in [1.165, 1.54) is 11.3 Å². The summed E-state index contributed by atoms with van der Waals surface area (Å²) in [5.41, 5.74) is 2.47. The van der Waals surface area contributed by atoms with Crippen molar-refractivity contribution in [3.63, 3.8) is 0 Å². The average molecular weight is 332 g/mol. The molecule has 0 saturated heterocycles. The number of benzene rings is 2. The number of fused-ring (bicyclic) bond motifs is 1.